The quantitative estimate of drug-likeness (QED) is 0.288. The second-order valence-electron chi connectivity index (χ2n) is 9.14. The van der Waals surface area contributed by atoms with E-state index in [1.54, 1.807) is 0 Å². The Morgan fingerprint density at radius 1 is 0.862 bits per heavy atom. The monoisotopic (exact) mass is 412 g/mol. The van der Waals surface area contributed by atoms with E-state index in [1.165, 1.54) is 38.5 Å². The predicted molar refractivity (Wildman–Crippen MR) is 115 cm³/mol. The highest BCUT2D eigenvalue weighted by Gasteiger charge is 2.54. The molecule has 2 bridgehead atoms. The van der Waals surface area contributed by atoms with Gasteiger partial charge in [0.1, 0.15) is 6.10 Å². The summed E-state index contributed by atoms with van der Waals surface area (Å²) in [5.41, 5.74) is 0. The molecule has 0 saturated carbocycles. The molecule has 5 nitrogen and oxygen atoms in total. The molecule has 0 spiro atoms. The molecule has 2 saturated heterocycles. The summed E-state index contributed by atoms with van der Waals surface area (Å²) in [7, 11) is 0. The molecule has 4 atom stereocenters. The van der Waals surface area contributed by atoms with Gasteiger partial charge in [-0.15, -0.1) is 0 Å². The molecule has 170 valence electrons. The number of rotatable bonds is 17. The van der Waals surface area contributed by atoms with Crippen LogP contribution in [0.1, 0.15) is 122 Å². The maximum absolute atomic E-state index is 10.6. The SMILES string of the molecule is CCCCCCCCC1OC2(CCCCCCCCCC(=O)O)OC1CCC2O. The average molecular weight is 413 g/mol. The summed E-state index contributed by atoms with van der Waals surface area (Å²) in [6.45, 7) is 2.25. The largest absolute Gasteiger partial charge is 0.481 e. The van der Waals surface area contributed by atoms with E-state index in [1.807, 2.05) is 0 Å². The lowest BCUT2D eigenvalue weighted by Crippen LogP contribution is -2.46. The van der Waals surface area contributed by atoms with Gasteiger partial charge in [0.05, 0.1) is 12.2 Å². The lowest BCUT2D eigenvalue weighted by atomic mass is 9.94. The van der Waals surface area contributed by atoms with Gasteiger partial charge < -0.3 is 19.7 Å². The number of hydrogen-bond acceptors (Lipinski definition) is 4. The Morgan fingerprint density at radius 2 is 1.48 bits per heavy atom. The first-order valence-electron chi connectivity index (χ1n) is 12.3. The van der Waals surface area contributed by atoms with Crippen molar-refractivity contribution in [2.75, 3.05) is 0 Å². The third-order valence-corrected chi connectivity index (χ3v) is 6.61. The number of carboxylic acids is 1. The van der Waals surface area contributed by atoms with Gasteiger partial charge in [-0.1, -0.05) is 77.6 Å². The van der Waals surface area contributed by atoms with E-state index in [0.29, 0.717) is 0 Å². The maximum atomic E-state index is 10.6. The maximum Gasteiger partial charge on any atom is 0.303 e. The highest BCUT2D eigenvalue weighted by Crippen LogP contribution is 2.44. The summed E-state index contributed by atoms with van der Waals surface area (Å²) in [4.78, 5) is 10.5. The summed E-state index contributed by atoms with van der Waals surface area (Å²) < 4.78 is 12.6. The Labute approximate surface area is 177 Å². The summed E-state index contributed by atoms with van der Waals surface area (Å²) in [6.07, 6.45) is 18.8. The summed E-state index contributed by atoms with van der Waals surface area (Å²) in [6, 6.07) is 0. The van der Waals surface area contributed by atoms with Gasteiger partial charge in [-0.2, -0.15) is 0 Å². The molecular formula is C24H44O5. The minimum atomic E-state index is -0.753. The van der Waals surface area contributed by atoms with Crippen LogP contribution in [0.3, 0.4) is 0 Å². The fourth-order valence-electron chi connectivity index (χ4n) is 4.82. The van der Waals surface area contributed by atoms with Gasteiger partial charge in [0.15, 0.2) is 5.79 Å². The molecule has 0 aromatic carbocycles. The zero-order valence-corrected chi connectivity index (χ0v) is 18.6. The molecule has 2 aliphatic heterocycles. The molecule has 4 unspecified atom stereocenters. The minimum absolute atomic E-state index is 0.160. The number of aliphatic carboxylic acids is 1. The molecule has 2 heterocycles. The number of hydrogen-bond donors (Lipinski definition) is 2. The van der Waals surface area contributed by atoms with E-state index < -0.39 is 17.9 Å². The Balaban J connectivity index is 1.60. The highest BCUT2D eigenvalue weighted by molar-refractivity contribution is 5.66. The summed E-state index contributed by atoms with van der Waals surface area (Å²) in [5.74, 6) is -1.45. The van der Waals surface area contributed by atoms with Gasteiger partial charge in [-0.05, 0) is 32.1 Å². The van der Waals surface area contributed by atoms with Crippen LogP contribution < -0.4 is 0 Å². The number of aliphatic hydroxyl groups is 1. The molecule has 2 rings (SSSR count). The van der Waals surface area contributed by atoms with Crippen molar-refractivity contribution >= 4 is 5.97 Å². The molecule has 2 N–H and O–H groups in total. The van der Waals surface area contributed by atoms with Crippen LogP contribution in [0.15, 0.2) is 0 Å². The Bertz CT molecular complexity index is 455. The fourth-order valence-corrected chi connectivity index (χ4v) is 4.82. The van der Waals surface area contributed by atoms with Gasteiger partial charge in [0.25, 0.3) is 0 Å². The molecule has 5 heteroatoms. The number of carbonyl (C=O) groups is 1. The molecule has 0 radical (unpaired) electrons. The van der Waals surface area contributed by atoms with E-state index in [2.05, 4.69) is 6.92 Å². The van der Waals surface area contributed by atoms with E-state index in [9.17, 15) is 9.90 Å². The third-order valence-electron chi connectivity index (χ3n) is 6.61. The van der Waals surface area contributed by atoms with Crippen LogP contribution in [-0.2, 0) is 14.3 Å². The van der Waals surface area contributed by atoms with Crippen molar-refractivity contribution in [3.63, 3.8) is 0 Å². The molecule has 0 aromatic rings. The molecule has 0 amide bonds. The number of fused-ring (bicyclic) bond motifs is 2. The zero-order chi connectivity index (χ0) is 21.0. The standard InChI is InChI=1S/C24H44O5/c1-2-3-4-5-9-12-15-20-21-17-18-22(25)24(28-20,29-21)19-14-11-8-6-7-10-13-16-23(26)27/h20-22,25H,2-19H2,1H3,(H,26,27). The second kappa shape index (κ2) is 13.6. The van der Waals surface area contributed by atoms with Crippen molar-refractivity contribution in [1.82, 2.24) is 0 Å². The molecule has 2 fully saturated rings. The first-order valence-corrected chi connectivity index (χ1v) is 12.3. The zero-order valence-electron chi connectivity index (χ0n) is 18.6. The van der Waals surface area contributed by atoms with Crippen LogP contribution in [0, 0.1) is 0 Å². The van der Waals surface area contributed by atoms with Crippen LogP contribution in [0.5, 0.6) is 0 Å². The minimum Gasteiger partial charge on any atom is -0.481 e. The first-order chi connectivity index (χ1) is 14.1. The normalized spacial score (nSPS) is 28.7. The Hall–Kier alpha value is -0.650. The van der Waals surface area contributed by atoms with E-state index in [0.717, 1.165) is 70.6 Å². The lowest BCUT2D eigenvalue weighted by molar-refractivity contribution is -0.253. The van der Waals surface area contributed by atoms with Crippen molar-refractivity contribution in [3.05, 3.63) is 0 Å². The van der Waals surface area contributed by atoms with Crippen molar-refractivity contribution in [3.8, 4) is 0 Å². The Kier molecular flexibility index (Phi) is 11.6. The van der Waals surface area contributed by atoms with E-state index >= 15 is 0 Å². The van der Waals surface area contributed by atoms with Gasteiger partial charge in [-0.25, -0.2) is 0 Å². The number of carboxylic acid groups (broad SMARTS) is 1. The first kappa shape index (κ1) is 24.6. The lowest BCUT2D eigenvalue weighted by Gasteiger charge is -2.36. The topological polar surface area (TPSA) is 76.0 Å². The van der Waals surface area contributed by atoms with Crippen LogP contribution in [0.25, 0.3) is 0 Å². The third kappa shape index (κ3) is 8.55. The number of aliphatic hydroxyl groups excluding tert-OH is 1. The summed E-state index contributed by atoms with van der Waals surface area (Å²) in [5, 5.41) is 19.2. The smallest absolute Gasteiger partial charge is 0.303 e. The summed E-state index contributed by atoms with van der Waals surface area (Å²) >= 11 is 0. The van der Waals surface area contributed by atoms with Gasteiger partial charge in [0.2, 0.25) is 0 Å². The van der Waals surface area contributed by atoms with Crippen LogP contribution in [0.4, 0.5) is 0 Å². The van der Waals surface area contributed by atoms with Crippen molar-refractivity contribution < 1.29 is 24.5 Å². The van der Waals surface area contributed by atoms with Gasteiger partial charge >= 0.3 is 5.97 Å². The van der Waals surface area contributed by atoms with Gasteiger partial charge in [-0.3, -0.25) is 4.79 Å². The highest BCUT2D eigenvalue weighted by atomic mass is 16.8. The fraction of sp³-hybridized carbons (Fsp3) is 0.958. The molecule has 0 aliphatic carbocycles. The molecule has 2 aliphatic rings. The van der Waals surface area contributed by atoms with E-state index in [-0.39, 0.29) is 18.6 Å². The van der Waals surface area contributed by atoms with Crippen molar-refractivity contribution in [2.24, 2.45) is 0 Å². The van der Waals surface area contributed by atoms with Crippen LogP contribution in [0.2, 0.25) is 0 Å². The van der Waals surface area contributed by atoms with Crippen molar-refractivity contribution in [1.29, 1.82) is 0 Å². The molecule has 0 aromatic heterocycles. The predicted octanol–water partition coefficient (Wildman–Crippen LogP) is 5.97. The number of ether oxygens (including phenoxy) is 2. The van der Waals surface area contributed by atoms with Crippen LogP contribution in [-0.4, -0.2) is 40.3 Å². The Morgan fingerprint density at radius 3 is 2.17 bits per heavy atom. The average Bonchev–Trinajstić information content (AvgIpc) is 3.00. The second-order valence-corrected chi connectivity index (χ2v) is 9.14. The molecular weight excluding hydrogens is 368 g/mol. The molecule has 29 heavy (non-hydrogen) atoms. The number of unbranched alkanes of at least 4 members (excludes halogenated alkanes) is 11. The van der Waals surface area contributed by atoms with E-state index in [4.69, 9.17) is 14.6 Å². The van der Waals surface area contributed by atoms with Crippen LogP contribution >= 0.6 is 0 Å². The van der Waals surface area contributed by atoms with Crippen molar-refractivity contribution in [2.45, 2.75) is 147 Å². The van der Waals surface area contributed by atoms with Gasteiger partial charge in [0, 0.05) is 12.8 Å².